The first-order valence-electron chi connectivity index (χ1n) is 12.4. The van der Waals surface area contributed by atoms with E-state index in [0.29, 0.717) is 28.2 Å². The summed E-state index contributed by atoms with van der Waals surface area (Å²) in [5, 5.41) is 13.8. The van der Waals surface area contributed by atoms with Crippen LogP contribution in [0, 0.1) is 20.8 Å². The smallest absolute Gasteiger partial charge is 0.407 e. The summed E-state index contributed by atoms with van der Waals surface area (Å²) in [4.78, 5) is 22.0. The highest BCUT2D eigenvalue weighted by Gasteiger charge is 2.39. The normalized spacial score (nSPS) is 12.9. The fourth-order valence-electron chi connectivity index (χ4n) is 3.70. The quantitative estimate of drug-likeness (QED) is 0.226. The molecule has 38 heavy (non-hydrogen) atoms. The number of aryl methyl sites for hydroxylation is 2. The maximum Gasteiger partial charge on any atom is 0.407 e. The van der Waals surface area contributed by atoms with Gasteiger partial charge in [0.05, 0.1) is 29.6 Å². The number of likely N-dealkylation sites (N-methyl/N-ethyl adjacent to an activating group) is 1. The van der Waals surface area contributed by atoms with Gasteiger partial charge in [-0.05, 0) is 51.0 Å². The van der Waals surface area contributed by atoms with E-state index in [-0.39, 0.29) is 18.2 Å². The number of ether oxygens (including phenoxy) is 1. The van der Waals surface area contributed by atoms with Crippen LogP contribution in [0.3, 0.4) is 0 Å². The van der Waals surface area contributed by atoms with Crippen LogP contribution in [0.15, 0.2) is 28.8 Å². The van der Waals surface area contributed by atoms with E-state index < -0.39 is 20.5 Å². The summed E-state index contributed by atoms with van der Waals surface area (Å²) in [6.45, 7) is 16.6. The minimum atomic E-state index is -2.17. The van der Waals surface area contributed by atoms with Crippen LogP contribution in [0.25, 0.3) is 22.6 Å². The molecule has 1 N–H and O–H groups in total. The predicted octanol–water partition coefficient (Wildman–Crippen LogP) is 6.76. The average Bonchev–Trinajstić information content (AvgIpc) is 3.16. The maximum atomic E-state index is 11.5. The first-order chi connectivity index (χ1) is 17.6. The zero-order chi connectivity index (χ0) is 28.4. The topological polar surface area (TPSA) is 111 Å². The molecule has 1 aromatic carbocycles. The number of carboxylic acid groups (broad SMARTS) is 1. The highest BCUT2D eigenvalue weighted by Crippen LogP contribution is 2.38. The van der Waals surface area contributed by atoms with Gasteiger partial charge in [0.2, 0.25) is 0 Å². The van der Waals surface area contributed by atoms with Crippen LogP contribution in [0.5, 0.6) is 5.75 Å². The molecule has 0 radical (unpaired) electrons. The molecule has 3 rings (SSSR count). The molecule has 0 saturated carbocycles. The number of rotatable bonds is 9. The van der Waals surface area contributed by atoms with Gasteiger partial charge < -0.3 is 23.7 Å². The van der Waals surface area contributed by atoms with E-state index in [9.17, 15) is 9.90 Å². The summed E-state index contributed by atoms with van der Waals surface area (Å²) in [5.74, 6) is 1.69. The third-order valence-corrected chi connectivity index (χ3v) is 11.9. The summed E-state index contributed by atoms with van der Waals surface area (Å²) < 4.78 is 18.0. The zero-order valence-corrected chi connectivity index (χ0v) is 25.3. The van der Waals surface area contributed by atoms with Crippen LogP contribution in [-0.2, 0) is 4.43 Å². The summed E-state index contributed by atoms with van der Waals surface area (Å²) in [6.07, 6.45) is -1.45. The van der Waals surface area contributed by atoms with Gasteiger partial charge in [-0.1, -0.05) is 49.7 Å². The molecule has 0 fully saturated rings. The van der Waals surface area contributed by atoms with Crippen molar-refractivity contribution in [2.24, 2.45) is 0 Å². The third kappa shape index (κ3) is 6.72. The zero-order valence-electron chi connectivity index (χ0n) is 23.5. The van der Waals surface area contributed by atoms with Gasteiger partial charge in [-0.2, -0.15) is 0 Å². The largest absolute Gasteiger partial charge is 0.491 e. The van der Waals surface area contributed by atoms with E-state index >= 15 is 0 Å². The van der Waals surface area contributed by atoms with Crippen molar-refractivity contribution in [1.29, 1.82) is 0 Å². The lowest BCUT2D eigenvalue weighted by Gasteiger charge is -2.39. The van der Waals surface area contributed by atoms with E-state index in [1.807, 2.05) is 45.0 Å². The number of benzene rings is 1. The van der Waals surface area contributed by atoms with E-state index in [2.05, 4.69) is 44.0 Å². The highest BCUT2D eigenvalue weighted by molar-refractivity contribution is 6.74. The Hall–Kier alpha value is -2.95. The Balaban J connectivity index is 1.88. The van der Waals surface area contributed by atoms with Gasteiger partial charge in [0.1, 0.15) is 23.3 Å². The molecule has 0 unspecified atom stereocenters. The third-order valence-electron chi connectivity index (χ3n) is 6.96. The van der Waals surface area contributed by atoms with Crippen molar-refractivity contribution in [2.75, 3.05) is 20.2 Å². The molecule has 1 atom stereocenters. The second-order valence-corrected chi connectivity index (χ2v) is 16.1. The number of nitrogens with zero attached hydrogens (tertiary/aromatic N) is 4. The Morgan fingerprint density at radius 2 is 1.89 bits per heavy atom. The SMILES string of the molecule is Cc1noc(C)c1-c1nc(-c2cccc(OC[C@H](CN(C)C(=O)O)O[Si](C)(C)C(C)(C)C)c2)nc(Cl)c1C. The van der Waals surface area contributed by atoms with Crippen molar-refractivity contribution >= 4 is 26.0 Å². The number of hydrogen-bond donors (Lipinski definition) is 1. The number of amides is 1. The van der Waals surface area contributed by atoms with E-state index in [1.165, 1.54) is 11.9 Å². The Kier molecular flexibility index (Phi) is 8.90. The highest BCUT2D eigenvalue weighted by atomic mass is 35.5. The molecule has 9 nitrogen and oxygen atoms in total. The Bertz CT molecular complexity index is 1290. The molecule has 3 aromatic rings. The second kappa shape index (κ2) is 11.4. The summed E-state index contributed by atoms with van der Waals surface area (Å²) >= 11 is 6.51. The fourth-order valence-corrected chi connectivity index (χ4v) is 5.20. The average molecular weight is 561 g/mol. The molecular weight excluding hydrogens is 524 g/mol. The molecule has 11 heteroatoms. The molecule has 2 aromatic heterocycles. The van der Waals surface area contributed by atoms with Crippen LogP contribution in [-0.4, -0.2) is 65.8 Å². The standard InChI is InChI=1S/C27H37ClN4O5Si/c1-16-23(22-17(2)31-36-18(22)3)29-25(30-24(16)28)19-11-10-12-20(13-19)35-15-21(14-32(7)26(33)34)37-38(8,9)27(4,5)6/h10-13,21H,14-15H2,1-9H3,(H,33,34)/t21-/m0/s1. The van der Waals surface area contributed by atoms with Crippen molar-refractivity contribution in [1.82, 2.24) is 20.0 Å². The van der Waals surface area contributed by atoms with Crippen molar-refractivity contribution < 1.29 is 23.6 Å². The van der Waals surface area contributed by atoms with E-state index in [4.69, 9.17) is 30.3 Å². The van der Waals surface area contributed by atoms with Crippen molar-refractivity contribution in [2.45, 2.75) is 65.8 Å². The van der Waals surface area contributed by atoms with Crippen LogP contribution in [0.1, 0.15) is 37.8 Å². The van der Waals surface area contributed by atoms with Gasteiger partial charge in [0.15, 0.2) is 14.1 Å². The molecule has 206 valence electrons. The minimum absolute atomic E-state index is 0.0338. The molecule has 0 bridgehead atoms. The predicted molar refractivity (Wildman–Crippen MR) is 150 cm³/mol. The van der Waals surface area contributed by atoms with Crippen molar-refractivity contribution in [3.63, 3.8) is 0 Å². The molecule has 0 aliphatic heterocycles. The van der Waals surface area contributed by atoms with E-state index in [1.54, 1.807) is 0 Å². The van der Waals surface area contributed by atoms with Crippen molar-refractivity contribution in [3.8, 4) is 28.4 Å². The molecule has 1 amide bonds. The molecular formula is C27H37ClN4O5Si. The first-order valence-corrected chi connectivity index (χ1v) is 15.7. The lowest BCUT2D eigenvalue weighted by molar-refractivity contribution is 0.0794. The van der Waals surface area contributed by atoms with Gasteiger partial charge in [-0.15, -0.1) is 0 Å². The number of hydrogen-bond acceptors (Lipinski definition) is 7. The van der Waals surface area contributed by atoms with Gasteiger partial charge in [-0.3, -0.25) is 0 Å². The van der Waals surface area contributed by atoms with E-state index in [0.717, 1.165) is 22.4 Å². The number of carbonyl (C=O) groups is 1. The monoisotopic (exact) mass is 560 g/mol. The van der Waals surface area contributed by atoms with Crippen LogP contribution in [0.2, 0.25) is 23.3 Å². The van der Waals surface area contributed by atoms with Gasteiger partial charge >= 0.3 is 6.09 Å². The molecule has 2 heterocycles. The second-order valence-electron chi connectivity index (χ2n) is 11.0. The lowest BCUT2D eigenvalue weighted by atomic mass is 10.1. The lowest BCUT2D eigenvalue weighted by Crippen LogP contribution is -2.49. The van der Waals surface area contributed by atoms with Crippen LogP contribution < -0.4 is 4.74 Å². The van der Waals surface area contributed by atoms with Crippen molar-refractivity contribution in [3.05, 3.63) is 46.4 Å². The Morgan fingerprint density at radius 3 is 2.47 bits per heavy atom. The Labute approximate surface area is 230 Å². The van der Waals surface area contributed by atoms with Gasteiger partial charge in [0.25, 0.3) is 0 Å². The molecule has 0 aliphatic rings. The van der Waals surface area contributed by atoms with Gasteiger partial charge in [0, 0.05) is 18.2 Å². The minimum Gasteiger partial charge on any atom is -0.491 e. The summed E-state index contributed by atoms with van der Waals surface area (Å²) in [5.41, 5.74) is 3.66. The van der Waals surface area contributed by atoms with Crippen LogP contribution in [0.4, 0.5) is 4.79 Å². The number of aromatic nitrogens is 3. The Morgan fingerprint density at radius 1 is 1.21 bits per heavy atom. The molecule has 0 aliphatic carbocycles. The molecule has 0 saturated heterocycles. The number of halogens is 1. The summed E-state index contributed by atoms with van der Waals surface area (Å²) in [6, 6.07) is 7.40. The summed E-state index contributed by atoms with van der Waals surface area (Å²) in [7, 11) is -0.644. The van der Waals surface area contributed by atoms with Gasteiger partial charge in [-0.25, -0.2) is 14.8 Å². The maximum absolute atomic E-state index is 11.5. The first kappa shape index (κ1) is 29.6. The van der Waals surface area contributed by atoms with Crippen LogP contribution >= 0.6 is 11.6 Å². The fraction of sp³-hybridized carbons (Fsp3) is 0.481. The molecule has 0 spiro atoms.